The zero-order chi connectivity index (χ0) is 20.0. The van der Waals surface area contributed by atoms with Crippen molar-refractivity contribution in [1.29, 1.82) is 0 Å². The van der Waals surface area contributed by atoms with Gasteiger partial charge in [-0.05, 0) is 51.3 Å². The molecular weight excluding hydrogens is 336 g/mol. The van der Waals surface area contributed by atoms with Gasteiger partial charge in [-0.15, -0.1) is 0 Å². The Morgan fingerprint density at radius 3 is 2.19 bits per heavy atom. The van der Waals surface area contributed by atoms with E-state index in [4.69, 9.17) is 0 Å². The molecule has 27 heavy (non-hydrogen) atoms. The predicted molar refractivity (Wildman–Crippen MR) is 109 cm³/mol. The minimum Gasteiger partial charge on any atom is -0.352 e. The highest BCUT2D eigenvalue weighted by atomic mass is 16.2. The van der Waals surface area contributed by atoms with Crippen molar-refractivity contribution in [3.8, 4) is 0 Å². The summed E-state index contributed by atoms with van der Waals surface area (Å²) in [4.78, 5) is 27.3. The summed E-state index contributed by atoms with van der Waals surface area (Å²) in [5.41, 5.74) is 4.28. The van der Waals surface area contributed by atoms with E-state index in [9.17, 15) is 9.59 Å². The third-order valence-electron chi connectivity index (χ3n) is 4.68. The first-order chi connectivity index (χ1) is 12.8. The van der Waals surface area contributed by atoms with Gasteiger partial charge in [0.05, 0.1) is 6.42 Å². The third-order valence-corrected chi connectivity index (χ3v) is 4.68. The van der Waals surface area contributed by atoms with Crippen molar-refractivity contribution >= 4 is 11.8 Å². The molecule has 0 bridgehead atoms. The normalized spacial score (nSPS) is 11.9. The maximum atomic E-state index is 13.1. The van der Waals surface area contributed by atoms with E-state index in [1.165, 1.54) is 0 Å². The lowest BCUT2D eigenvalue weighted by Crippen LogP contribution is -2.49. The summed E-state index contributed by atoms with van der Waals surface area (Å²) >= 11 is 0. The van der Waals surface area contributed by atoms with Gasteiger partial charge < -0.3 is 10.2 Å². The molecule has 0 unspecified atom stereocenters. The second-order valence-corrected chi connectivity index (χ2v) is 7.45. The van der Waals surface area contributed by atoms with Gasteiger partial charge in [-0.1, -0.05) is 54.1 Å². The van der Waals surface area contributed by atoms with E-state index in [1.54, 1.807) is 11.8 Å². The smallest absolute Gasteiger partial charge is 0.242 e. The van der Waals surface area contributed by atoms with Gasteiger partial charge in [-0.3, -0.25) is 9.59 Å². The van der Waals surface area contributed by atoms with Crippen molar-refractivity contribution in [2.24, 2.45) is 0 Å². The lowest BCUT2D eigenvalue weighted by atomic mass is 10.1. The minimum absolute atomic E-state index is 0.0347. The van der Waals surface area contributed by atoms with Crippen molar-refractivity contribution < 1.29 is 9.59 Å². The number of amides is 2. The lowest BCUT2D eigenvalue weighted by Gasteiger charge is -2.30. The average Bonchev–Trinajstić information content (AvgIpc) is 2.61. The topological polar surface area (TPSA) is 49.4 Å². The Bertz CT molecular complexity index is 781. The van der Waals surface area contributed by atoms with Crippen molar-refractivity contribution in [1.82, 2.24) is 10.2 Å². The fourth-order valence-corrected chi connectivity index (χ4v) is 2.94. The maximum Gasteiger partial charge on any atom is 0.242 e. The van der Waals surface area contributed by atoms with E-state index in [0.29, 0.717) is 6.54 Å². The van der Waals surface area contributed by atoms with Crippen LogP contribution in [0.1, 0.15) is 43.0 Å². The number of carbonyl (C=O) groups excluding carboxylic acids is 2. The standard InChI is InChI=1S/C23H30N2O2/c1-16(2)24-23(27)19(5)25(15-21-9-7-6-8-18(21)4)22(26)14-20-12-10-17(3)11-13-20/h6-13,16,19H,14-15H2,1-5H3,(H,24,27)/t19-/m1/s1. The molecule has 0 spiro atoms. The summed E-state index contributed by atoms with van der Waals surface area (Å²) in [5, 5.41) is 2.92. The van der Waals surface area contributed by atoms with Crippen LogP contribution in [0.4, 0.5) is 0 Å². The fraction of sp³-hybridized carbons (Fsp3) is 0.391. The maximum absolute atomic E-state index is 13.1. The summed E-state index contributed by atoms with van der Waals surface area (Å²) in [5.74, 6) is -0.177. The van der Waals surface area contributed by atoms with Gasteiger partial charge in [0.25, 0.3) is 0 Å². The zero-order valence-corrected chi connectivity index (χ0v) is 17.0. The molecule has 0 heterocycles. The number of hydrogen-bond acceptors (Lipinski definition) is 2. The molecule has 1 atom stereocenters. The Balaban J connectivity index is 2.24. The molecule has 0 saturated carbocycles. The van der Waals surface area contributed by atoms with Crippen LogP contribution in [-0.4, -0.2) is 28.8 Å². The highest BCUT2D eigenvalue weighted by Gasteiger charge is 2.26. The molecule has 2 amide bonds. The lowest BCUT2D eigenvalue weighted by molar-refractivity contribution is -0.140. The van der Waals surface area contributed by atoms with Crippen molar-refractivity contribution in [3.05, 3.63) is 70.8 Å². The van der Waals surface area contributed by atoms with Crippen LogP contribution in [0.25, 0.3) is 0 Å². The van der Waals surface area contributed by atoms with Crippen LogP contribution in [0.5, 0.6) is 0 Å². The summed E-state index contributed by atoms with van der Waals surface area (Å²) in [6.07, 6.45) is 0.283. The van der Waals surface area contributed by atoms with Gasteiger partial charge in [-0.2, -0.15) is 0 Å². The number of nitrogens with one attached hydrogen (secondary N) is 1. The molecule has 0 fully saturated rings. The van der Waals surface area contributed by atoms with Gasteiger partial charge in [0.1, 0.15) is 6.04 Å². The van der Waals surface area contributed by atoms with Crippen LogP contribution in [-0.2, 0) is 22.6 Å². The zero-order valence-electron chi connectivity index (χ0n) is 17.0. The monoisotopic (exact) mass is 366 g/mol. The highest BCUT2D eigenvalue weighted by Crippen LogP contribution is 2.15. The first-order valence-electron chi connectivity index (χ1n) is 9.48. The Morgan fingerprint density at radius 1 is 0.963 bits per heavy atom. The first-order valence-corrected chi connectivity index (χ1v) is 9.48. The average molecular weight is 367 g/mol. The molecule has 0 radical (unpaired) electrons. The van der Waals surface area contributed by atoms with E-state index in [2.05, 4.69) is 5.32 Å². The molecule has 4 heteroatoms. The van der Waals surface area contributed by atoms with Gasteiger partial charge in [0.15, 0.2) is 0 Å². The molecule has 1 N–H and O–H groups in total. The number of nitrogens with zero attached hydrogens (tertiary/aromatic N) is 1. The van der Waals surface area contributed by atoms with Crippen LogP contribution < -0.4 is 5.32 Å². The first kappa shape index (κ1) is 20.7. The van der Waals surface area contributed by atoms with Gasteiger partial charge in [-0.25, -0.2) is 0 Å². The summed E-state index contributed by atoms with van der Waals surface area (Å²) in [6.45, 7) is 10.1. The van der Waals surface area contributed by atoms with Gasteiger partial charge in [0, 0.05) is 12.6 Å². The molecule has 2 aromatic carbocycles. The Kier molecular flexibility index (Phi) is 7.17. The predicted octanol–water partition coefficient (Wildman–Crippen LogP) is 3.79. The van der Waals surface area contributed by atoms with Crippen LogP contribution in [0.2, 0.25) is 0 Å². The number of carbonyl (C=O) groups is 2. The molecule has 2 rings (SSSR count). The van der Waals surface area contributed by atoms with Crippen molar-refractivity contribution in [2.45, 2.75) is 59.7 Å². The van der Waals surface area contributed by atoms with Gasteiger partial charge >= 0.3 is 0 Å². The highest BCUT2D eigenvalue weighted by molar-refractivity contribution is 5.88. The molecule has 2 aromatic rings. The summed E-state index contributed by atoms with van der Waals surface area (Å²) in [6, 6.07) is 15.4. The molecule has 0 aliphatic heterocycles. The fourth-order valence-electron chi connectivity index (χ4n) is 2.94. The van der Waals surface area contributed by atoms with Crippen LogP contribution in [0.3, 0.4) is 0 Å². The van der Waals surface area contributed by atoms with Crippen molar-refractivity contribution in [2.75, 3.05) is 0 Å². The van der Waals surface area contributed by atoms with Crippen molar-refractivity contribution in [3.63, 3.8) is 0 Å². The van der Waals surface area contributed by atoms with E-state index >= 15 is 0 Å². The molecule has 0 aliphatic rings. The number of rotatable bonds is 7. The molecule has 0 saturated heterocycles. The van der Waals surface area contributed by atoms with Gasteiger partial charge in [0.2, 0.25) is 11.8 Å². The Morgan fingerprint density at radius 2 is 1.59 bits per heavy atom. The third kappa shape index (κ3) is 5.95. The van der Waals surface area contributed by atoms with E-state index in [1.807, 2.05) is 76.2 Å². The van der Waals surface area contributed by atoms with Crippen LogP contribution in [0, 0.1) is 13.8 Å². The Hall–Kier alpha value is -2.62. The Labute approximate surface area is 162 Å². The second kappa shape index (κ2) is 9.36. The van der Waals surface area contributed by atoms with E-state index in [0.717, 1.165) is 22.3 Å². The number of hydrogen-bond donors (Lipinski definition) is 1. The van der Waals surface area contributed by atoms with E-state index < -0.39 is 6.04 Å². The molecular formula is C23H30N2O2. The largest absolute Gasteiger partial charge is 0.352 e. The number of benzene rings is 2. The molecule has 0 aromatic heterocycles. The van der Waals surface area contributed by atoms with Crippen LogP contribution in [0.15, 0.2) is 48.5 Å². The second-order valence-electron chi connectivity index (χ2n) is 7.45. The summed E-state index contributed by atoms with van der Waals surface area (Å²) in [7, 11) is 0. The quantitative estimate of drug-likeness (QED) is 0.810. The minimum atomic E-state index is -0.537. The van der Waals surface area contributed by atoms with Crippen LogP contribution >= 0.6 is 0 Å². The molecule has 4 nitrogen and oxygen atoms in total. The van der Waals surface area contributed by atoms with E-state index in [-0.39, 0.29) is 24.3 Å². The number of aryl methyl sites for hydroxylation is 2. The SMILES string of the molecule is Cc1ccc(CC(=O)N(Cc2ccccc2C)[C@H](C)C(=O)NC(C)C)cc1. The molecule has 0 aliphatic carbocycles. The molecule has 144 valence electrons. The summed E-state index contributed by atoms with van der Waals surface area (Å²) < 4.78 is 0.